The maximum atomic E-state index is 4.10. The van der Waals surface area contributed by atoms with Crippen LogP contribution in [0, 0.1) is 5.92 Å². The van der Waals surface area contributed by atoms with Crippen LogP contribution >= 0.6 is 0 Å². The van der Waals surface area contributed by atoms with E-state index in [0.717, 1.165) is 43.1 Å². The Morgan fingerprint density at radius 2 is 1.32 bits per heavy atom. The van der Waals surface area contributed by atoms with Crippen LogP contribution in [0.3, 0.4) is 0 Å². The summed E-state index contributed by atoms with van der Waals surface area (Å²) < 4.78 is 0. The zero-order valence-corrected chi connectivity index (χ0v) is 15.0. The first-order valence-electron chi connectivity index (χ1n) is 8.77. The highest BCUT2D eigenvalue weighted by molar-refractivity contribution is 5.65. The Hall–Kier alpha value is -1.22. The molecule has 0 fully saturated rings. The van der Waals surface area contributed by atoms with E-state index < -0.39 is 0 Å². The van der Waals surface area contributed by atoms with Gasteiger partial charge in [-0.2, -0.15) is 0 Å². The van der Waals surface area contributed by atoms with Gasteiger partial charge in [0.1, 0.15) is 0 Å². The topological polar surface area (TPSA) is 36.1 Å². The summed E-state index contributed by atoms with van der Waals surface area (Å²) in [6.45, 7) is 20.1. The van der Waals surface area contributed by atoms with Gasteiger partial charge in [0.25, 0.3) is 0 Å². The van der Waals surface area contributed by atoms with Crippen LogP contribution in [0.25, 0.3) is 0 Å². The Labute approximate surface area is 137 Å². The van der Waals surface area contributed by atoms with E-state index in [1.165, 1.54) is 30.7 Å². The molecule has 3 nitrogen and oxygen atoms in total. The van der Waals surface area contributed by atoms with E-state index in [1.54, 1.807) is 0 Å². The number of allylic oxidation sites excluding steroid dienone is 2. The standard InChI is InChI=1S/C19H35N3/c1-14(2)10-7-8-11-21-18-16(5)17(6)19(18)22-13-9-12-20-15(3)4/h14-15,20-22H,5-13H2,1-4H3. The second-order valence-electron chi connectivity index (χ2n) is 6.91. The molecule has 0 atom stereocenters. The molecule has 3 heteroatoms. The van der Waals surface area contributed by atoms with E-state index in [1.807, 2.05) is 0 Å². The maximum Gasteiger partial charge on any atom is 0.0656 e. The van der Waals surface area contributed by atoms with Crippen LogP contribution in [-0.2, 0) is 0 Å². The number of rotatable bonds is 12. The van der Waals surface area contributed by atoms with Gasteiger partial charge in [0.05, 0.1) is 11.4 Å². The molecule has 3 N–H and O–H groups in total. The molecule has 0 aromatic heterocycles. The molecule has 0 heterocycles. The minimum atomic E-state index is 0.556. The lowest BCUT2D eigenvalue weighted by atomic mass is 9.89. The maximum absolute atomic E-state index is 4.10. The van der Waals surface area contributed by atoms with E-state index in [4.69, 9.17) is 0 Å². The van der Waals surface area contributed by atoms with Crippen molar-refractivity contribution in [2.45, 2.75) is 59.4 Å². The van der Waals surface area contributed by atoms with Crippen molar-refractivity contribution in [3.05, 3.63) is 35.7 Å². The van der Waals surface area contributed by atoms with Gasteiger partial charge >= 0.3 is 0 Å². The lowest BCUT2D eigenvalue weighted by Crippen LogP contribution is -2.34. The number of hydrogen-bond acceptors (Lipinski definition) is 3. The molecule has 126 valence electrons. The van der Waals surface area contributed by atoms with E-state index in [-0.39, 0.29) is 0 Å². The third kappa shape index (κ3) is 6.27. The molecule has 0 radical (unpaired) electrons. The predicted molar refractivity (Wildman–Crippen MR) is 97.8 cm³/mol. The molecular formula is C19H35N3. The van der Waals surface area contributed by atoms with Gasteiger partial charge in [-0.3, -0.25) is 0 Å². The van der Waals surface area contributed by atoms with Crippen molar-refractivity contribution in [2.75, 3.05) is 19.6 Å². The van der Waals surface area contributed by atoms with Crippen LogP contribution in [-0.4, -0.2) is 25.7 Å². The molecule has 22 heavy (non-hydrogen) atoms. The molecular weight excluding hydrogens is 270 g/mol. The van der Waals surface area contributed by atoms with Crippen molar-refractivity contribution in [3.63, 3.8) is 0 Å². The first-order valence-corrected chi connectivity index (χ1v) is 8.77. The number of nitrogens with one attached hydrogen (secondary N) is 3. The van der Waals surface area contributed by atoms with Crippen molar-refractivity contribution in [2.24, 2.45) is 5.92 Å². The van der Waals surface area contributed by atoms with Gasteiger partial charge in [0.2, 0.25) is 0 Å². The van der Waals surface area contributed by atoms with Gasteiger partial charge in [-0.05, 0) is 25.3 Å². The van der Waals surface area contributed by atoms with E-state index in [0.29, 0.717) is 6.04 Å². The Kier molecular flexibility index (Phi) is 8.32. The monoisotopic (exact) mass is 305 g/mol. The number of hydrogen-bond donors (Lipinski definition) is 3. The van der Waals surface area contributed by atoms with Crippen molar-refractivity contribution < 1.29 is 0 Å². The number of unbranched alkanes of at least 4 members (excludes halogenated alkanes) is 1. The largest absolute Gasteiger partial charge is 0.383 e. The molecule has 0 amide bonds. The highest BCUT2D eigenvalue weighted by atomic mass is 15.0. The molecule has 0 saturated carbocycles. The molecule has 0 unspecified atom stereocenters. The minimum Gasteiger partial charge on any atom is -0.383 e. The van der Waals surface area contributed by atoms with Gasteiger partial charge in [0.15, 0.2) is 0 Å². The fraction of sp³-hybridized carbons (Fsp3) is 0.684. The summed E-state index contributed by atoms with van der Waals surface area (Å²) in [5.41, 5.74) is 4.46. The van der Waals surface area contributed by atoms with Crippen LogP contribution in [0.4, 0.5) is 0 Å². The van der Waals surface area contributed by atoms with Crippen molar-refractivity contribution in [3.8, 4) is 0 Å². The fourth-order valence-corrected chi connectivity index (χ4v) is 2.51. The third-order valence-corrected chi connectivity index (χ3v) is 3.94. The SMILES string of the molecule is C=C1C(=C)C(NCCCNC(C)C)=C1NCCCCC(C)C. The van der Waals surface area contributed by atoms with Gasteiger partial charge in [-0.15, -0.1) is 0 Å². The molecule has 0 bridgehead atoms. The summed E-state index contributed by atoms with van der Waals surface area (Å²) in [6.07, 6.45) is 4.92. The summed E-state index contributed by atoms with van der Waals surface area (Å²) >= 11 is 0. The van der Waals surface area contributed by atoms with Crippen LogP contribution < -0.4 is 16.0 Å². The first-order chi connectivity index (χ1) is 10.4. The van der Waals surface area contributed by atoms with E-state index in [2.05, 4.69) is 56.8 Å². The van der Waals surface area contributed by atoms with E-state index in [9.17, 15) is 0 Å². The second kappa shape index (κ2) is 9.73. The summed E-state index contributed by atoms with van der Waals surface area (Å²) in [5.74, 6) is 0.800. The minimum absolute atomic E-state index is 0.556. The highest BCUT2D eigenvalue weighted by Crippen LogP contribution is 2.33. The van der Waals surface area contributed by atoms with Crippen LogP contribution in [0.5, 0.6) is 0 Å². The predicted octanol–water partition coefficient (Wildman–Crippen LogP) is 3.72. The van der Waals surface area contributed by atoms with Crippen LogP contribution in [0.2, 0.25) is 0 Å². The molecule has 1 rings (SSSR count). The molecule has 1 aliphatic carbocycles. The van der Waals surface area contributed by atoms with Gasteiger partial charge in [-0.1, -0.05) is 53.7 Å². The van der Waals surface area contributed by atoms with Gasteiger partial charge < -0.3 is 16.0 Å². The first kappa shape index (κ1) is 18.8. The molecule has 1 aliphatic rings. The summed E-state index contributed by atoms with van der Waals surface area (Å²) in [6, 6.07) is 0.556. The molecule has 0 aromatic carbocycles. The molecule has 0 spiro atoms. The Balaban J connectivity index is 2.27. The third-order valence-electron chi connectivity index (χ3n) is 3.94. The molecule has 0 aromatic rings. The molecule has 0 aliphatic heterocycles. The van der Waals surface area contributed by atoms with Gasteiger partial charge in [-0.25, -0.2) is 0 Å². The van der Waals surface area contributed by atoms with Gasteiger partial charge in [0, 0.05) is 30.3 Å². The zero-order chi connectivity index (χ0) is 16.5. The fourth-order valence-electron chi connectivity index (χ4n) is 2.51. The van der Waals surface area contributed by atoms with E-state index >= 15 is 0 Å². The van der Waals surface area contributed by atoms with Crippen molar-refractivity contribution in [1.29, 1.82) is 0 Å². The van der Waals surface area contributed by atoms with Crippen LogP contribution in [0.15, 0.2) is 35.7 Å². The average molecular weight is 306 g/mol. The highest BCUT2D eigenvalue weighted by Gasteiger charge is 2.25. The average Bonchev–Trinajstić information content (AvgIpc) is 2.46. The summed E-state index contributed by atoms with van der Waals surface area (Å²) in [5, 5.41) is 10.5. The van der Waals surface area contributed by atoms with Crippen molar-refractivity contribution >= 4 is 0 Å². The zero-order valence-electron chi connectivity index (χ0n) is 15.0. The van der Waals surface area contributed by atoms with Crippen molar-refractivity contribution in [1.82, 2.24) is 16.0 Å². The lowest BCUT2D eigenvalue weighted by molar-refractivity contribution is 0.529. The quantitative estimate of drug-likeness (QED) is 0.481. The molecule has 0 saturated heterocycles. The Bertz CT molecular complexity index is 367. The van der Waals surface area contributed by atoms with Crippen LogP contribution in [0.1, 0.15) is 53.4 Å². The lowest BCUT2D eigenvalue weighted by Gasteiger charge is -2.31. The smallest absolute Gasteiger partial charge is 0.0656 e. The summed E-state index contributed by atoms with van der Waals surface area (Å²) in [7, 11) is 0. The Morgan fingerprint density at radius 3 is 1.82 bits per heavy atom. The normalized spacial score (nSPS) is 14.8. The summed E-state index contributed by atoms with van der Waals surface area (Å²) in [4.78, 5) is 0. The Morgan fingerprint density at radius 1 is 0.773 bits per heavy atom. The second-order valence-corrected chi connectivity index (χ2v) is 6.91.